The first-order chi connectivity index (χ1) is 38.0. The molecule has 2 aromatic rings. The zero-order valence-electron chi connectivity index (χ0n) is 46.2. The van der Waals surface area contributed by atoms with Gasteiger partial charge < -0.3 is 80.6 Å². The van der Waals surface area contributed by atoms with Gasteiger partial charge in [-0.1, -0.05) is 70.2 Å². The first-order valence-corrected chi connectivity index (χ1v) is 26.8. The van der Waals surface area contributed by atoms with Crippen LogP contribution < -0.4 is 70.6 Å². The number of likely N-dealkylation sites (tertiary alicyclic amines) is 1. The molecular formula is C53H81N15O12. The van der Waals surface area contributed by atoms with Crippen molar-refractivity contribution in [1.29, 1.82) is 0 Å². The molecule has 0 aromatic heterocycles. The van der Waals surface area contributed by atoms with Crippen molar-refractivity contribution >= 4 is 71.1 Å². The number of carbonyl (C=O) groups is 10. The Kier molecular flexibility index (Phi) is 27.7. The number of rotatable bonds is 34. The van der Waals surface area contributed by atoms with Gasteiger partial charge in [-0.3, -0.25) is 53.1 Å². The molecule has 1 saturated heterocycles. The standard InChI is InChI=1S/C53H81N15O12/c1-6-34(50(77)68-26-14-19-40(68)48(75)63-35(17-12-24-59-52(55)56)44(71)64-36(51(78)79)18-13-25-60-53(57)58)62-46(73)39(29-41(54)69)66-49(76)43(30(4)5)67-47(74)38(27-31-15-10-9-11-16-31)65-45(72)37(61-42(70)7-2)28-32-20-22-33(23-21-32)80-8-3/h9-11,15-16,20-23,30,34-40,43H,6-8,12-14,17-19,24-29H2,1-5H3,(H2,54,69)(H,61,70)(H,62,73)(H,63,75)(H,64,71)(H,65,72)(H,66,76)(H,67,74)(H,78,79)(H4,55,56,59)(H4,57,58,60)/t34-,35-,36-,37+,38-,39-,40-,43-/m0/s1. The van der Waals surface area contributed by atoms with E-state index in [1.807, 2.05) is 6.92 Å². The number of carbonyl (C=O) groups excluding carboxylic acids is 9. The second-order valence-corrected chi connectivity index (χ2v) is 19.5. The SMILES string of the molecule is CCOc1ccc(C[C@@H](NC(=O)CC)C(=O)N[C@@H](Cc2ccccc2)C(=O)N[C@H](C(=O)N[C@@H](CC(N)=O)C(=O)N[C@@H](CC)C(=O)N2CCC[C@H]2C(=O)N[C@@H](CCCN=C(N)N)C(=O)N[C@@H](CCCN=C(N)N)C(=O)O)C(C)C)cc1. The molecule has 80 heavy (non-hydrogen) atoms. The molecule has 0 unspecified atom stereocenters. The Hall–Kier alpha value is -8.52. The van der Waals surface area contributed by atoms with E-state index in [9.17, 15) is 53.1 Å². The van der Waals surface area contributed by atoms with E-state index in [0.29, 0.717) is 29.9 Å². The second kappa shape index (κ2) is 33.7. The summed E-state index contributed by atoms with van der Waals surface area (Å²) in [6, 6.07) is 5.21. The Morgan fingerprint density at radius 3 is 1.68 bits per heavy atom. The zero-order chi connectivity index (χ0) is 59.5. The number of nitrogens with zero attached hydrogens (tertiary/aromatic N) is 3. The third-order valence-corrected chi connectivity index (χ3v) is 12.8. The van der Waals surface area contributed by atoms with E-state index in [1.165, 1.54) is 4.90 Å². The molecule has 0 aliphatic carbocycles. The Bertz CT molecular complexity index is 2490. The van der Waals surface area contributed by atoms with Crippen LogP contribution in [0.5, 0.6) is 5.75 Å². The lowest BCUT2D eigenvalue weighted by Crippen LogP contribution is -2.61. The fourth-order valence-corrected chi connectivity index (χ4v) is 8.61. The van der Waals surface area contributed by atoms with E-state index in [-0.39, 0.29) is 89.3 Å². The quantitative estimate of drug-likeness (QED) is 0.0201. The van der Waals surface area contributed by atoms with Gasteiger partial charge >= 0.3 is 5.97 Å². The number of nitrogens with two attached hydrogens (primary N) is 5. The maximum atomic E-state index is 14.3. The number of amides is 9. The summed E-state index contributed by atoms with van der Waals surface area (Å²) in [5, 5.41) is 28.2. The van der Waals surface area contributed by atoms with E-state index < -0.39 is 120 Å². The number of ether oxygens (including phenoxy) is 1. The smallest absolute Gasteiger partial charge is 0.326 e. The van der Waals surface area contributed by atoms with Crippen molar-refractivity contribution in [3.05, 3.63) is 65.7 Å². The number of carboxylic acids is 1. The summed E-state index contributed by atoms with van der Waals surface area (Å²) in [5.74, 6) is -8.79. The molecule has 440 valence electrons. The fourth-order valence-electron chi connectivity index (χ4n) is 8.61. The van der Waals surface area contributed by atoms with Crippen molar-refractivity contribution in [2.45, 2.75) is 154 Å². The van der Waals surface area contributed by atoms with Crippen LogP contribution in [0.4, 0.5) is 0 Å². The van der Waals surface area contributed by atoms with Gasteiger partial charge in [-0.15, -0.1) is 0 Å². The number of guanidine groups is 2. The third kappa shape index (κ3) is 22.4. The molecule has 0 radical (unpaired) electrons. The van der Waals surface area contributed by atoms with Crippen molar-refractivity contribution in [2.75, 3.05) is 26.2 Å². The van der Waals surface area contributed by atoms with Crippen molar-refractivity contribution in [2.24, 2.45) is 44.6 Å². The lowest BCUT2D eigenvalue weighted by Gasteiger charge is -2.31. The zero-order valence-corrected chi connectivity index (χ0v) is 46.2. The molecule has 18 N–H and O–H groups in total. The van der Waals surface area contributed by atoms with Crippen molar-refractivity contribution in [3.63, 3.8) is 0 Å². The van der Waals surface area contributed by atoms with Gasteiger partial charge in [0.05, 0.1) is 13.0 Å². The highest BCUT2D eigenvalue weighted by Crippen LogP contribution is 2.21. The van der Waals surface area contributed by atoms with Gasteiger partial charge in [0.2, 0.25) is 53.2 Å². The summed E-state index contributed by atoms with van der Waals surface area (Å²) in [4.78, 5) is 145. The number of primary amides is 1. The predicted molar refractivity (Wildman–Crippen MR) is 296 cm³/mol. The van der Waals surface area contributed by atoms with E-state index in [4.69, 9.17) is 33.4 Å². The van der Waals surface area contributed by atoms with E-state index in [0.717, 1.165) is 0 Å². The van der Waals surface area contributed by atoms with E-state index in [2.05, 4.69) is 47.2 Å². The van der Waals surface area contributed by atoms with Gasteiger partial charge in [-0.25, -0.2) is 4.79 Å². The van der Waals surface area contributed by atoms with Crippen LogP contribution in [-0.2, 0) is 60.8 Å². The second-order valence-electron chi connectivity index (χ2n) is 19.5. The number of aliphatic imine (C=N–C) groups is 2. The monoisotopic (exact) mass is 1120 g/mol. The molecule has 9 amide bonds. The maximum absolute atomic E-state index is 14.3. The Labute approximate surface area is 465 Å². The Morgan fingerprint density at radius 2 is 1.14 bits per heavy atom. The normalized spacial score (nSPS) is 15.4. The number of benzene rings is 2. The Morgan fingerprint density at radius 1 is 0.625 bits per heavy atom. The highest BCUT2D eigenvalue weighted by atomic mass is 16.5. The molecule has 1 aliphatic rings. The molecule has 3 rings (SSSR count). The Balaban J connectivity index is 1.82. The van der Waals surface area contributed by atoms with E-state index in [1.54, 1.807) is 82.3 Å². The fraction of sp³-hybridized carbons (Fsp3) is 0.547. The van der Waals surface area contributed by atoms with Crippen molar-refractivity contribution in [1.82, 2.24) is 42.1 Å². The topological polar surface area (TPSA) is 442 Å². The number of hydrogen-bond donors (Lipinski definition) is 13. The molecule has 1 aliphatic heterocycles. The third-order valence-electron chi connectivity index (χ3n) is 12.8. The van der Waals surface area contributed by atoms with Crippen LogP contribution in [0.25, 0.3) is 0 Å². The molecule has 27 nitrogen and oxygen atoms in total. The minimum absolute atomic E-state index is 0.0232. The summed E-state index contributed by atoms with van der Waals surface area (Å²) in [6.45, 7) is 8.99. The molecule has 1 fully saturated rings. The average Bonchev–Trinajstić information content (AvgIpc) is 3.93. The number of nitrogens with one attached hydrogen (secondary N) is 7. The molecular weight excluding hydrogens is 1040 g/mol. The summed E-state index contributed by atoms with van der Waals surface area (Å²) >= 11 is 0. The van der Waals surface area contributed by atoms with Crippen molar-refractivity contribution < 1.29 is 57.8 Å². The number of aliphatic carboxylic acids is 1. The molecule has 0 bridgehead atoms. The molecule has 1 heterocycles. The highest BCUT2D eigenvalue weighted by Gasteiger charge is 2.40. The van der Waals surface area contributed by atoms with Crippen LogP contribution in [0.3, 0.4) is 0 Å². The van der Waals surface area contributed by atoms with Gasteiger partial charge in [0, 0.05) is 38.9 Å². The van der Waals surface area contributed by atoms with Gasteiger partial charge in [-0.2, -0.15) is 0 Å². The van der Waals surface area contributed by atoms with Gasteiger partial charge in [0.25, 0.3) is 0 Å². The molecule has 27 heteroatoms. The first kappa shape index (κ1) is 65.8. The van der Waals surface area contributed by atoms with Gasteiger partial charge in [0.15, 0.2) is 11.9 Å². The lowest BCUT2D eigenvalue weighted by molar-refractivity contribution is -0.144. The number of hydrogen-bond acceptors (Lipinski definition) is 13. The average molecular weight is 1120 g/mol. The minimum Gasteiger partial charge on any atom is -0.494 e. The van der Waals surface area contributed by atoms with Crippen LogP contribution in [0.15, 0.2) is 64.6 Å². The van der Waals surface area contributed by atoms with Gasteiger partial charge in [-0.05, 0) is 81.0 Å². The number of carboxylic acid groups (broad SMARTS) is 1. The minimum atomic E-state index is -1.66. The maximum Gasteiger partial charge on any atom is 0.326 e. The largest absolute Gasteiger partial charge is 0.494 e. The molecule has 8 atom stereocenters. The molecule has 0 saturated carbocycles. The summed E-state index contributed by atoms with van der Waals surface area (Å²) in [5.41, 5.74) is 28.5. The summed E-state index contributed by atoms with van der Waals surface area (Å²) < 4.78 is 5.53. The van der Waals surface area contributed by atoms with Gasteiger partial charge in [0.1, 0.15) is 54.1 Å². The van der Waals surface area contributed by atoms with E-state index >= 15 is 0 Å². The molecule has 0 spiro atoms. The van der Waals surface area contributed by atoms with Crippen LogP contribution in [0.2, 0.25) is 0 Å². The predicted octanol–water partition coefficient (Wildman–Crippen LogP) is -2.20. The van der Waals surface area contributed by atoms with Crippen molar-refractivity contribution in [3.8, 4) is 5.75 Å². The highest BCUT2D eigenvalue weighted by molar-refractivity contribution is 5.99. The summed E-state index contributed by atoms with van der Waals surface area (Å²) in [7, 11) is 0. The van der Waals surface area contributed by atoms with Crippen LogP contribution in [0.1, 0.15) is 104 Å². The molecule has 2 aromatic carbocycles. The van der Waals surface area contributed by atoms with Crippen LogP contribution >= 0.6 is 0 Å². The van der Waals surface area contributed by atoms with Crippen LogP contribution in [0, 0.1) is 5.92 Å². The lowest BCUT2D eigenvalue weighted by atomic mass is 9.99. The first-order valence-electron chi connectivity index (χ1n) is 26.8. The van der Waals surface area contributed by atoms with Crippen LogP contribution in [-0.4, -0.2) is 156 Å². The summed E-state index contributed by atoms with van der Waals surface area (Å²) in [6.07, 6.45) is 0.174.